The van der Waals surface area contributed by atoms with Gasteiger partial charge in [-0.15, -0.1) is 10.2 Å². The fraction of sp³-hybridized carbons (Fsp3) is 0.0909. The molecule has 0 aliphatic carbocycles. The summed E-state index contributed by atoms with van der Waals surface area (Å²) in [6, 6.07) is 9.83. The van der Waals surface area contributed by atoms with Crippen molar-refractivity contribution < 1.29 is 4.92 Å². The minimum absolute atomic E-state index is 0.0435. The summed E-state index contributed by atoms with van der Waals surface area (Å²) in [5.74, 6) is 0.652. The Balaban J connectivity index is 2.38. The molecule has 0 aliphatic rings. The predicted octanol–water partition coefficient (Wildman–Crippen LogP) is 2.09. The van der Waals surface area contributed by atoms with Gasteiger partial charge in [0.25, 0.3) is 5.69 Å². The molecule has 0 saturated carbocycles. The SMILES string of the molecule is CNc1ccc(-c2cccc([N+](=O)[O-])c2)nn1. The highest BCUT2D eigenvalue weighted by Crippen LogP contribution is 2.21. The zero-order chi connectivity index (χ0) is 12.3. The zero-order valence-corrected chi connectivity index (χ0v) is 9.12. The van der Waals surface area contributed by atoms with Gasteiger partial charge in [0, 0.05) is 24.7 Å². The molecule has 6 heteroatoms. The van der Waals surface area contributed by atoms with Crippen LogP contribution in [0.25, 0.3) is 11.3 Å². The number of anilines is 1. The van der Waals surface area contributed by atoms with Crippen molar-refractivity contribution in [2.24, 2.45) is 0 Å². The molecule has 0 spiro atoms. The molecule has 0 amide bonds. The molecular weight excluding hydrogens is 220 g/mol. The van der Waals surface area contributed by atoms with E-state index >= 15 is 0 Å². The van der Waals surface area contributed by atoms with Crippen LogP contribution in [0.4, 0.5) is 11.5 Å². The molecule has 1 N–H and O–H groups in total. The van der Waals surface area contributed by atoms with E-state index in [0.717, 1.165) is 0 Å². The average molecular weight is 230 g/mol. The van der Waals surface area contributed by atoms with Crippen LogP contribution in [-0.2, 0) is 0 Å². The summed E-state index contributed by atoms with van der Waals surface area (Å²) in [5, 5.41) is 21.4. The van der Waals surface area contributed by atoms with Crippen LogP contribution in [0.5, 0.6) is 0 Å². The minimum atomic E-state index is -0.432. The van der Waals surface area contributed by atoms with Crippen LogP contribution < -0.4 is 5.32 Å². The molecule has 0 saturated heterocycles. The normalized spacial score (nSPS) is 9.94. The number of hydrogen-bond donors (Lipinski definition) is 1. The number of nitrogens with zero attached hydrogens (tertiary/aromatic N) is 3. The Bertz CT molecular complexity index is 539. The third-order valence-electron chi connectivity index (χ3n) is 2.27. The lowest BCUT2D eigenvalue weighted by atomic mass is 10.1. The summed E-state index contributed by atoms with van der Waals surface area (Å²) < 4.78 is 0. The number of non-ortho nitro benzene ring substituents is 1. The highest BCUT2D eigenvalue weighted by molar-refractivity contribution is 5.62. The lowest BCUT2D eigenvalue weighted by molar-refractivity contribution is -0.384. The maximum atomic E-state index is 10.6. The van der Waals surface area contributed by atoms with E-state index in [0.29, 0.717) is 17.1 Å². The maximum Gasteiger partial charge on any atom is 0.270 e. The Morgan fingerprint density at radius 1 is 1.24 bits per heavy atom. The molecule has 2 aromatic rings. The Morgan fingerprint density at radius 2 is 2.06 bits per heavy atom. The summed E-state index contributed by atoms with van der Waals surface area (Å²) in [5.41, 5.74) is 1.32. The summed E-state index contributed by atoms with van der Waals surface area (Å²) >= 11 is 0. The van der Waals surface area contributed by atoms with Gasteiger partial charge in [-0.05, 0) is 12.1 Å². The van der Waals surface area contributed by atoms with Crippen LogP contribution in [0.1, 0.15) is 0 Å². The second kappa shape index (κ2) is 4.56. The van der Waals surface area contributed by atoms with E-state index in [2.05, 4.69) is 15.5 Å². The molecule has 0 aliphatic heterocycles. The Morgan fingerprint density at radius 3 is 2.65 bits per heavy atom. The van der Waals surface area contributed by atoms with E-state index in [1.165, 1.54) is 12.1 Å². The van der Waals surface area contributed by atoms with E-state index in [1.54, 1.807) is 31.3 Å². The number of nitrogens with one attached hydrogen (secondary N) is 1. The predicted molar refractivity (Wildman–Crippen MR) is 63.7 cm³/mol. The monoisotopic (exact) mass is 230 g/mol. The summed E-state index contributed by atoms with van der Waals surface area (Å²) in [6.07, 6.45) is 0. The molecule has 17 heavy (non-hydrogen) atoms. The number of aromatic nitrogens is 2. The van der Waals surface area contributed by atoms with Crippen molar-refractivity contribution in [3.05, 3.63) is 46.5 Å². The van der Waals surface area contributed by atoms with Crippen molar-refractivity contribution in [2.75, 3.05) is 12.4 Å². The summed E-state index contributed by atoms with van der Waals surface area (Å²) in [4.78, 5) is 10.2. The Kier molecular flexibility index (Phi) is 2.95. The zero-order valence-electron chi connectivity index (χ0n) is 9.12. The van der Waals surface area contributed by atoms with Gasteiger partial charge in [-0.3, -0.25) is 10.1 Å². The third kappa shape index (κ3) is 2.36. The number of nitro groups is 1. The largest absolute Gasteiger partial charge is 0.372 e. The fourth-order valence-corrected chi connectivity index (χ4v) is 1.40. The minimum Gasteiger partial charge on any atom is -0.372 e. The molecule has 6 nitrogen and oxygen atoms in total. The van der Waals surface area contributed by atoms with Gasteiger partial charge >= 0.3 is 0 Å². The molecule has 1 heterocycles. The molecule has 0 unspecified atom stereocenters. The highest BCUT2D eigenvalue weighted by Gasteiger charge is 2.08. The molecule has 1 aromatic carbocycles. The van der Waals surface area contributed by atoms with E-state index in [-0.39, 0.29) is 5.69 Å². The van der Waals surface area contributed by atoms with Gasteiger partial charge in [0.2, 0.25) is 0 Å². The second-order valence-electron chi connectivity index (χ2n) is 3.36. The topological polar surface area (TPSA) is 81.0 Å². The van der Waals surface area contributed by atoms with Crippen molar-refractivity contribution in [1.82, 2.24) is 10.2 Å². The maximum absolute atomic E-state index is 10.6. The molecule has 2 rings (SSSR count). The average Bonchev–Trinajstić information content (AvgIpc) is 2.39. The van der Waals surface area contributed by atoms with Crippen molar-refractivity contribution in [3.8, 4) is 11.3 Å². The first-order valence-electron chi connectivity index (χ1n) is 4.97. The van der Waals surface area contributed by atoms with Crippen LogP contribution in [0.3, 0.4) is 0 Å². The van der Waals surface area contributed by atoms with Gasteiger partial charge in [0.1, 0.15) is 5.82 Å². The van der Waals surface area contributed by atoms with E-state index in [4.69, 9.17) is 0 Å². The standard InChI is InChI=1S/C11H10N4O2/c1-12-11-6-5-10(13-14-11)8-3-2-4-9(7-8)15(16)17/h2-7H,1H3,(H,12,14). The van der Waals surface area contributed by atoms with Crippen molar-refractivity contribution in [1.29, 1.82) is 0 Å². The van der Waals surface area contributed by atoms with Crippen LogP contribution in [0.2, 0.25) is 0 Å². The van der Waals surface area contributed by atoms with Gasteiger partial charge in [0.15, 0.2) is 0 Å². The van der Waals surface area contributed by atoms with E-state index < -0.39 is 4.92 Å². The molecule has 0 fully saturated rings. The smallest absolute Gasteiger partial charge is 0.270 e. The van der Waals surface area contributed by atoms with E-state index in [1.807, 2.05) is 0 Å². The number of nitro benzene ring substituents is 1. The van der Waals surface area contributed by atoms with Gasteiger partial charge in [-0.2, -0.15) is 0 Å². The van der Waals surface area contributed by atoms with Gasteiger partial charge in [-0.1, -0.05) is 12.1 Å². The van der Waals surface area contributed by atoms with Gasteiger partial charge < -0.3 is 5.32 Å². The number of benzene rings is 1. The highest BCUT2D eigenvalue weighted by atomic mass is 16.6. The molecule has 0 radical (unpaired) electrons. The summed E-state index contributed by atoms with van der Waals surface area (Å²) in [6.45, 7) is 0. The Labute approximate surface area is 97.5 Å². The first-order chi connectivity index (χ1) is 8.20. The number of rotatable bonds is 3. The van der Waals surface area contributed by atoms with Crippen LogP contribution in [0, 0.1) is 10.1 Å². The first kappa shape index (κ1) is 11.0. The molecule has 1 aromatic heterocycles. The van der Waals surface area contributed by atoms with Gasteiger partial charge in [-0.25, -0.2) is 0 Å². The van der Waals surface area contributed by atoms with Gasteiger partial charge in [0.05, 0.1) is 10.6 Å². The van der Waals surface area contributed by atoms with Crippen LogP contribution >= 0.6 is 0 Å². The molecule has 86 valence electrons. The lowest BCUT2D eigenvalue weighted by Gasteiger charge is -2.01. The lowest BCUT2D eigenvalue weighted by Crippen LogP contribution is -1.95. The van der Waals surface area contributed by atoms with Crippen LogP contribution in [0.15, 0.2) is 36.4 Å². The van der Waals surface area contributed by atoms with Crippen molar-refractivity contribution in [3.63, 3.8) is 0 Å². The Hall–Kier alpha value is -2.50. The quantitative estimate of drug-likeness (QED) is 0.645. The van der Waals surface area contributed by atoms with Crippen molar-refractivity contribution >= 4 is 11.5 Å². The molecular formula is C11H10N4O2. The number of hydrogen-bond acceptors (Lipinski definition) is 5. The van der Waals surface area contributed by atoms with E-state index in [9.17, 15) is 10.1 Å². The summed E-state index contributed by atoms with van der Waals surface area (Å²) in [7, 11) is 1.75. The van der Waals surface area contributed by atoms with Crippen LogP contribution in [-0.4, -0.2) is 22.2 Å². The van der Waals surface area contributed by atoms with Crippen molar-refractivity contribution in [2.45, 2.75) is 0 Å². The molecule has 0 atom stereocenters. The molecule has 0 bridgehead atoms. The second-order valence-corrected chi connectivity index (χ2v) is 3.36. The first-order valence-corrected chi connectivity index (χ1v) is 4.97. The fourth-order valence-electron chi connectivity index (χ4n) is 1.40. The third-order valence-corrected chi connectivity index (χ3v) is 2.27.